The Bertz CT molecular complexity index is 697. The normalized spacial score (nSPS) is 21.5. The molecular formula is C27H44N4O. The van der Waals surface area contributed by atoms with Crippen molar-refractivity contribution in [3.05, 3.63) is 23.9 Å². The number of likely N-dealkylation sites (tertiary alicyclic amines) is 1. The highest BCUT2D eigenvalue weighted by molar-refractivity contribution is 5.94. The molecule has 1 saturated carbocycles. The lowest BCUT2D eigenvalue weighted by molar-refractivity contribution is 0.0305. The molecule has 1 amide bonds. The number of carbonyl (C=O) groups excluding carboxylic acids is 1. The van der Waals surface area contributed by atoms with Crippen molar-refractivity contribution in [2.45, 2.75) is 96.4 Å². The molecule has 3 aliphatic rings. The van der Waals surface area contributed by atoms with Gasteiger partial charge >= 0.3 is 0 Å². The van der Waals surface area contributed by atoms with E-state index < -0.39 is 0 Å². The van der Waals surface area contributed by atoms with Crippen LogP contribution in [0.2, 0.25) is 0 Å². The molecule has 1 N–H and O–H groups in total. The molecule has 3 fully saturated rings. The fourth-order valence-corrected chi connectivity index (χ4v) is 5.74. The lowest BCUT2D eigenvalue weighted by atomic mass is 9.70. The summed E-state index contributed by atoms with van der Waals surface area (Å²) in [4.78, 5) is 22.2. The van der Waals surface area contributed by atoms with Gasteiger partial charge in [-0.3, -0.25) is 4.79 Å². The SMILES string of the molecule is CCCCCCCCNC(=O)c1ccc(N2CCC3(CC2)CCN(C2CCC2)CC3)nc1. The maximum atomic E-state index is 12.4. The van der Waals surface area contributed by atoms with E-state index in [9.17, 15) is 4.79 Å². The molecule has 5 nitrogen and oxygen atoms in total. The number of amides is 1. The summed E-state index contributed by atoms with van der Waals surface area (Å²) in [5.74, 6) is 1.03. The average Bonchev–Trinajstić information content (AvgIpc) is 2.79. The first-order chi connectivity index (χ1) is 15.7. The smallest absolute Gasteiger partial charge is 0.252 e. The summed E-state index contributed by atoms with van der Waals surface area (Å²) >= 11 is 0. The number of aromatic nitrogens is 1. The second-order valence-electron chi connectivity index (χ2n) is 10.5. The molecular weight excluding hydrogens is 396 g/mol. The van der Waals surface area contributed by atoms with E-state index in [4.69, 9.17) is 0 Å². The summed E-state index contributed by atoms with van der Waals surface area (Å²) in [6.07, 6.45) is 18.8. The van der Waals surface area contributed by atoms with E-state index in [1.807, 2.05) is 12.1 Å². The predicted octanol–water partition coefficient (Wildman–Crippen LogP) is 5.41. The van der Waals surface area contributed by atoms with Gasteiger partial charge in [-0.2, -0.15) is 0 Å². The minimum Gasteiger partial charge on any atom is -0.357 e. The van der Waals surface area contributed by atoms with Crippen LogP contribution in [-0.4, -0.2) is 54.6 Å². The minimum atomic E-state index is 0.00780. The molecule has 1 aliphatic carbocycles. The third-order valence-electron chi connectivity index (χ3n) is 8.42. The maximum absolute atomic E-state index is 12.4. The van der Waals surface area contributed by atoms with Crippen LogP contribution in [0.5, 0.6) is 0 Å². The van der Waals surface area contributed by atoms with Gasteiger partial charge in [0, 0.05) is 31.9 Å². The Labute approximate surface area is 195 Å². The van der Waals surface area contributed by atoms with Crippen molar-refractivity contribution in [2.24, 2.45) is 5.41 Å². The Kier molecular flexibility index (Phi) is 8.45. The molecule has 1 aromatic rings. The fraction of sp³-hybridized carbons (Fsp3) is 0.778. The van der Waals surface area contributed by atoms with Crippen molar-refractivity contribution in [3.8, 4) is 0 Å². The van der Waals surface area contributed by atoms with Gasteiger partial charge in [-0.05, 0) is 75.6 Å². The molecule has 0 aromatic carbocycles. The predicted molar refractivity (Wildman–Crippen MR) is 132 cm³/mol. The zero-order valence-corrected chi connectivity index (χ0v) is 20.3. The number of rotatable bonds is 10. The number of nitrogens with zero attached hydrogens (tertiary/aromatic N) is 3. The van der Waals surface area contributed by atoms with Crippen LogP contribution in [0.4, 0.5) is 5.82 Å². The molecule has 2 saturated heterocycles. The Hall–Kier alpha value is -1.62. The third-order valence-corrected chi connectivity index (χ3v) is 8.42. The van der Waals surface area contributed by atoms with E-state index in [1.54, 1.807) is 6.20 Å². The summed E-state index contributed by atoms with van der Waals surface area (Å²) in [6.45, 7) is 7.82. The van der Waals surface area contributed by atoms with Crippen LogP contribution >= 0.6 is 0 Å². The highest BCUT2D eigenvalue weighted by Crippen LogP contribution is 2.43. The molecule has 32 heavy (non-hydrogen) atoms. The molecule has 4 rings (SSSR count). The molecule has 0 radical (unpaired) electrons. The second kappa shape index (κ2) is 11.5. The zero-order valence-electron chi connectivity index (χ0n) is 20.3. The van der Waals surface area contributed by atoms with Gasteiger partial charge in [-0.1, -0.05) is 45.4 Å². The highest BCUT2D eigenvalue weighted by atomic mass is 16.1. The Morgan fingerprint density at radius 1 is 1.00 bits per heavy atom. The minimum absolute atomic E-state index is 0.00780. The molecule has 1 aromatic heterocycles. The molecule has 0 atom stereocenters. The van der Waals surface area contributed by atoms with Crippen LogP contribution < -0.4 is 10.2 Å². The first-order valence-electron chi connectivity index (χ1n) is 13.4. The van der Waals surface area contributed by atoms with Crippen molar-refractivity contribution >= 4 is 11.7 Å². The molecule has 0 unspecified atom stereocenters. The molecule has 3 heterocycles. The van der Waals surface area contributed by atoms with Crippen LogP contribution in [0, 0.1) is 5.41 Å². The molecule has 178 valence electrons. The lowest BCUT2D eigenvalue weighted by Crippen LogP contribution is -2.51. The van der Waals surface area contributed by atoms with E-state index in [2.05, 4.69) is 27.0 Å². The van der Waals surface area contributed by atoms with Crippen LogP contribution in [0.15, 0.2) is 18.3 Å². The number of piperidine rings is 2. The summed E-state index contributed by atoms with van der Waals surface area (Å²) in [6, 6.07) is 4.88. The monoisotopic (exact) mass is 440 g/mol. The molecule has 2 aliphatic heterocycles. The van der Waals surface area contributed by atoms with E-state index in [0.717, 1.165) is 37.9 Å². The van der Waals surface area contributed by atoms with Gasteiger partial charge in [0.2, 0.25) is 0 Å². The van der Waals surface area contributed by atoms with E-state index >= 15 is 0 Å². The van der Waals surface area contributed by atoms with E-state index in [-0.39, 0.29) is 5.91 Å². The standard InChI is InChI=1S/C27H44N4O/c1-2-3-4-5-6-7-17-28-26(32)23-11-12-25(29-22-23)31-20-15-27(16-21-31)13-18-30(19-14-27)24-9-8-10-24/h11-12,22,24H,2-10,13-21H2,1H3,(H,28,32). The quantitative estimate of drug-likeness (QED) is 0.495. The third kappa shape index (κ3) is 6.03. The van der Waals surface area contributed by atoms with Gasteiger partial charge in [0.1, 0.15) is 5.82 Å². The maximum Gasteiger partial charge on any atom is 0.252 e. The Morgan fingerprint density at radius 3 is 2.31 bits per heavy atom. The van der Waals surface area contributed by atoms with Gasteiger partial charge in [-0.25, -0.2) is 4.98 Å². The van der Waals surface area contributed by atoms with Crippen molar-refractivity contribution < 1.29 is 4.79 Å². The van der Waals surface area contributed by atoms with Gasteiger partial charge in [0.25, 0.3) is 5.91 Å². The van der Waals surface area contributed by atoms with Crippen molar-refractivity contribution in [1.29, 1.82) is 0 Å². The van der Waals surface area contributed by atoms with E-state index in [1.165, 1.54) is 90.1 Å². The second-order valence-corrected chi connectivity index (χ2v) is 10.5. The van der Waals surface area contributed by atoms with Crippen molar-refractivity contribution in [2.75, 3.05) is 37.6 Å². The molecule has 0 bridgehead atoms. The zero-order chi connectivity index (χ0) is 22.2. The topological polar surface area (TPSA) is 48.5 Å². The number of unbranched alkanes of at least 4 members (excludes halogenated alkanes) is 5. The fourth-order valence-electron chi connectivity index (χ4n) is 5.74. The van der Waals surface area contributed by atoms with Crippen LogP contribution in [0.3, 0.4) is 0 Å². The van der Waals surface area contributed by atoms with Crippen molar-refractivity contribution in [1.82, 2.24) is 15.2 Å². The van der Waals surface area contributed by atoms with Crippen LogP contribution in [0.25, 0.3) is 0 Å². The number of nitrogens with one attached hydrogen (secondary N) is 1. The summed E-state index contributed by atoms with van der Waals surface area (Å²) in [5.41, 5.74) is 1.24. The summed E-state index contributed by atoms with van der Waals surface area (Å²) in [7, 11) is 0. The van der Waals surface area contributed by atoms with Gasteiger partial charge in [0.05, 0.1) is 5.56 Å². The Balaban J connectivity index is 1.17. The molecule has 5 heteroatoms. The summed E-state index contributed by atoms with van der Waals surface area (Å²) < 4.78 is 0. The number of anilines is 1. The summed E-state index contributed by atoms with van der Waals surface area (Å²) in [5, 5.41) is 3.05. The van der Waals surface area contributed by atoms with Crippen molar-refractivity contribution in [3.63, 3.8) is 0 Å². The first-order valence-corrected chi connectivity index (χ1v) is 13.4. The van der Waals surface area contributed by atoms with Gasteiger partial charge in [-0.15, -0.1) is 0 Å². The average molecular weight is 441 g/mol. The molecule has 1 spiro atoms. The van der Waals surface area contributed by atoms with Gasteiger partial charge < -0.3 is 15.1 Å². The number of hydrogen-bond donors (Lipinski definition) is 1. The highest BCUT2D eigenvalue weighted by Gasteiger charge is 2.39. The first kappa shape index (κ1) is 23.5. The number of carbonyl (C=O) groups is 1. The lowest BCUT2D eigenvalue weighted by Gasteiger charge is -2.50. The number of hydrogen-bond acceptors (Lipinski definition) is 4. The van der Waals surface area contributed by atoms with Gasteiger partial charge in [0.15, 0.2) is 0 Å². The Morgan fingerprint density at radius 2 is 1.69 bits per heavy atom. The van der Waals surface area contributed by atoms with Crippen LogP contribution in [0.1, 0.15) is 101 Å². The van der Waals surface area contributed by atoms with Crippen LogP contribution in [-0.2, 0) is 0 Å². The largest absolute Gasteiger partial charge is 0.357 e. The van der Waals surface area contributed by atoms with E-state index in [0.29, 0.717) is 11.0 Å². The number of pyridine rings is 1.